The van der Waals surface area contributed by atoms with E-state index in [9.17, 15) is 0 Å². The van der Waals surface area contributed by atoms with E-state index in [1.165, 1.54) is 30.5 Å². The molecule has 1 aliphatic rings. The molecule has 0 spiro atoms. The maximum absolute atomic E-state index is 5.47. The number of aryl methyl sites for hydroxylation is 1. The fourth-order valence-corrected chi connectivity index (χ4v) is 2.33. The molecule has 94 valence electrons. The maximum Gasteiger partial charge on any atom is 0.132 e. The molecule has 0 radical (unpaired) electrons. The molecule has 0 unspecified atom stereocenters. The zero-order chi connectivity index (χ0) is 11.9. The molecule has 17 heavy (non-hydrogen) atoms. The van der Waals surface area contributed by atoms with Gasteiger partial charge in [-0.2, -0.15) is 0 Å². The summed E-state index contributed by atoms with van der Waals surface area (Å²) in [4.78, 5) is 8.73. The molecular weight excluding hydrogens is 212 g/mol. The summed E-state index contributed by atoms with van der Waals surface area (Å²) in [6.45, 7) is 1.78. The minimum absolute atomic E-state index is 0.795. The van der Waals surface area contributed by atoms with Gasteiger partial charge in [-0.1, -0.05) is 6.42 Å². The van der Waals surface area contributed by atoms with Crippen molar-refractivity contribution in [2.24, 2.45) is 5.73 Å². The lowest BCUT2D eigenvalue weighted by Gasteiger charge is -2.17. The lowest BCUT2D eigenvalue weighted by atomic mass is 9.96. The van der Waals surface area contributed by atoms with E-state index in [-0.39, 0.29) is 0 Å². The highest BCUT2D eigenvalue weighted by Crippen LogP contribution is 2.24. The normalized spacial score (nSPS) is 14.4. The van der Waals surface area contributed by atoms with Crippen LogP contribution in [0.3, 0.4) is 0 Å². The highest BCUT2D eigenvalue weighted by Gasteiger charge is 2.14. The molecule has 0 bridgehead atoms. The fourth-order valence-electron chi connectivity index (χ4n) is 2.33. The number of unbranched alkanes of at least 4 members (excludes halogenated alkanes) is 2. The molecule has 1 aliphatic carbocycles. The average molecular weight is 234 g/mol. The Morgan fingerprint density at radius 1 is 1.12 bits per heavy atom. The molecule has 0 fully saturated rings. The molecule has 3 N–H and O–H groups in total. The fraction of sp³-hybridized carbons (Fsp3) is 0.692. The third-order valence-electron chi connectivity index (χ3n) is 3.30. The summed E-state index contributed by atoms with van der Waals surface area (Å²) in [5.74, 6) is 1.06. The number of nitrogens with zero attached hydrogens (tertiary/aromatic N) is 2. The van der Waals surface area contributed by atoms with Crippen LogP contribution in [-0.4, -0.2) is 23.1 Å². The number of anilines is 1. The van der Waals surface area contributed by atoms with E-state index >= 15 is 0 Å². The smallest absolute Gasteiger partial charge is 0.132 e. The van der Waals surface area contributed by atoms with Gasteiger partial charge in [0.1, 0.15) is 12.1 Å². The van der Waals surface area contributed by atoms with Crippen LogP contribution in [0.4, 0.5) is 5.82 Å². The second-order valence-corrected chi connectivity index (χ2v) is 4.63. The Kier molecular flexibility index (Phi) is 4.74. The van der Waals surface area contributed by atoms with Crippen LogP contribution in [0.2, 0.25) is 0 Å². The molecule has 1 aromatic heterocycles. The third kappa shape index (κ3) is 3.40. The number of aromatic nitrogens is 2. The molecule has 0 aliphatic heterocycles. The Bertz CT molecular complexity index is 351. The number of rotatable bonds is 6. The zero-order valence-electron chi connectivity index (χ0n) is 10.4. The van der Waals surface area contributed by atoms with E-state index in [0.717, 1.165) is 44.6 Å². The topological polar surface area (TPSA) is 63.8 Å². The summed E-state index contributed by atoms with van der Waals surface area (Å²) in [5, 5.41) is 3.44. The second kappa shape index (κ2) is 6.55. The molecule has 0 aromatic carbocycles. The van der Waals surface area contributed by atoms with Crippen molar-refractivity contribution in [1.82, 2.24) is 9.97 Å². The van der Waals surface area contributed by atoms with E-state index in [0.29, 0.717) is 0 Å². The Balaban J connectivity index is 1.87. The van der Waals surface area contributed by atoms with Crippen molar-refractivity contribution >= 4 is 5.82 Å². The van der Waals surface area contributed by atoms with Crippen molar-refractivity contribution in [3.63, 3.8) is 0 Å². The minimum atomic E-state index is 0.795. The largest absolute Gasteiger partial charge is 0.370 e. The molecule has 0 saturated carbocycles. The summed E-state index contributed by atoms with van der Waals surface area (Å²) in [5.41, 5.74) is 8.06. The van der Waals surface area contributed by atoms with Crippen molar-refractivity contribution in [3.05, 3.63) is 17.6 Å². The monoisotopic (exact) mass is 234 g/mol. The first-order valence-corrected chi connectivity index (χ1v) is 6.68. The van der Waals surface area contributed by atoms with Gasteiger partial charge in [0.15, 0.2) is 0 Å². The van der Waals surface area contributed by atoms with Crippen molar-refractivity contribution in [1.29, 1.82) is 0 Å². The van der Waals surface area contributed by atoms with Gasteiger partial charge in [-0.15, -0.1) is 0 Å². The molecule has 4 nitrogen and oxygen atoms in total. The van der Waals surface area contributed by atoms with Crippen LogP contribution in [0.5, 0.6) is 0 Å². The molecule has 1 heterocycles. The lowest BCUT2D eigenvalue weighted by Crippen LogP contribution is -2.13. The number of nitrogens with two attached hydrogens (primary N) is 1. The Labute approximate surface area is 103 Å². The van der Waals surface area contributed by atoms with Gasteiger partial charge in [0.2, 0.25) is 0 Å². The first-order valence-electron chi connectivity index (χ1n) is 6.68. The van der Waals surface area contributed by atoms with Gasteiger partial charge in [0.25, 0.3) is 0 Å². The van der Waals surface area contributed by atoms with E-state index in [4.69, 9.17) is 5.73 Å². The average Bonchev–Trinajstić information content (AvgIpc) is 2.39. The van der Waals surface area contributed by atoms with Crippen LogP contribution in [0.1, 0.15) is 43.4 Å². The standard InChI is InChI=1S/C13H22N4/c14-8-4-1-5-9-15-13-11-6-2-3-7-12(11)16-10-17-13/h10H,1-9,14H2,(H,15,16,17). The zero-order valence-corrected chi connectivity index (χ0v) is 10.4. The van der Waals surface area contributed by atoms with Crippen molar-refractivity contribution < 1.29 is 0 Å². The number of nitrogens with one attached hydrogen (secondary N) is 1. The van der Waals surface area contributed by atoms with Crippen molar-refractivity contribution in [2.75, 3.05) is 18.4 Å². The van der Waals surface area contributed by atoms with Crippen LogP contribution in [-0.2, 0) is 12.8 Å². The number of fused-ring (bicyclic) bond motifs is 1. The van der Waals surface area contributed by atoms with Crippen molar-refractivity contribution in [3.8, 4) is 0 Å². The van der Waals surface area contributed by atoms with Crippen LogP contribution in [0.15, 0.2) is 6.33 Å². The first kappa shape index (κ1) is 12.3. The Morgan fingerprint density at radius 3 is 2.88 bits per heavy atom. The van der Waals surface area contributed by atoms with Crippen LogP contribution in [0, 0.1) is 0 Å². The predicted molar refractivity (Wildman–Crippen MR) is 70.1 cm³/mol. The van der Waals surface area contributed by atoms with Gasteiger partial charge in [0.05, 0.1) is 0 Å². The van der Waals surface area contributed by atoms with Crippen LogP contribution >= 0.6 is 0 Å². The summed E-state index contributed by atoms with van der Waals surface area (Å²) >= 11 is 0. The molecule has 0 amide bonds. The number of hydrogen-bond acceptors (Lipinski definition) is 4. The predicted octanol–water partition coefficient (Wildman–Crippen LogP) is 1.90. The van der Waals surface area contributed by atoms with Gasteiger partial charge in [-0.3, -0.25) is 0 Å². The second-order valence-electron chi connectivity index (χ2n) is 4.63. The highest BCUT2D eigenvalue weighted by molar-refractivity contribution is 5.46. The Hall–Kier alpha value is -1.16. The van der Waals surface area contributed by atoms with Gasteiger partial charge in [-0.25, -0.2) is 9.97 Å². The molecule has 2 rings (SSSR count). The molecule has 0 atom stereocenters. The van der Waals surface area contributed by atoms with Gasteiger partial charge >= 0.3 is 0 Å². The van der Waals surface area contributed by atoms with Crippen LogP contribution in [0.25, 0.3) is 0 Å². The molecule has 1 aromatic rings. The summed E-state index contributed by atoms with van der Waals surface area (Å²) < 4.78 is 0. The summed E-state index contributed by atoms with van der Waals surface area (Å²) in [6.07, 6.45) is 9.92. The SMILES string of the molecule is NCCCCCNc1ncnc2c1CCCC2. The van der Waals surface area contributed by atoms with Gasteiger partial charge < -0.3 is 11.1 Å². The highest BCUT2D eigenvalue weighted by atomic mass is 15.0. The quantitative estimate of drug-likeness (QED) is 0.738. The number of hydrogen-bond donors (Lipinski definition) is 2. The van der Waals surface area contributed by atoms with E-state index in [1.807, 2.05) is 0 Å². The summed E-state index contributed by atoms with van der Waals surface area (Å²) in [7, 11) is 0. The van der Waals surface area contributed by atoms with Crippen molar-refractivity contribution in [2.45, 2.75) is 44.9 Å². The molecule has 0 saturated heterocycles. The Morgan fingerprint density at radius 2 is 2.00 bits per heavy atom. The maximum atomic E-state index is 5.47. The lowest BCUT2D eigenvalue weighted by molar-refractivity contribution is 0.661. The molecule has 4 heteroatoms. The van der Waals surface area contributed by atoms with Crippen LogP contribution < -0.4 is 11.1 Å². The summed E-state index contributed by atoms with van der Waals surface area (Å²) in [6, 6.07) is 0. The minimum Gasteiger partial charge on any atom is -0.370 e. The van der Waals surface area contributed by atoms with E-state index < -0.39 is 0 Å². The molecular formula is C13H22N4. The first-order chi connectivity index (χ1) is 8.42. The van der Waals surface area contributed by atoms with Gasteiger partial charge in [-0.05, 0) is 45.1 Å². The van der Waals surface area contributed by atoms with Gasteiger partial charge in [0, 0.05) is 17.8 Å². The van der Waals surface area contributed by atoms with E-state index in [2.05, 4.69) is 15.3 Å². The third-order valence-corrected chi connectivity index (χ3v) is 3.30. The van der Waals surface area contributed by atoms with E-state index in [1.54, 1.807) is 6.33 Å².